The third-order valence-corrected chi connectivity index (χ3v) is 7.31. The largest absolute Gasteiger partial charge is 0.450 e. The number of hydrogen-bond acceptors (Lipinski definition) is 5. The molecule has 0 aromatic rings. The minimum absolute atomic E-state index is 0.0347. The lowest BCUT2D eigenvalue weighted by molar-refractivity contribution is 0.183. The molecule has 196 valence electrons. The molecule has 0 N–H and O–H groups in total. The van der Waals surface area contributed by atoms with Crippen molar-refractivity contribution in [2.24, 2.45) is 15.9 Å². The molecule has 0 saturated heterocycles. The van der Waals surface area contributed by atoms with Crippen LogP contribution in [-0.2, 0) is 9.47 Å². The fourth-order valence-electron chi connectivity index (χ4n) is 5.28. The first-order valence-electron chi connectivity index (χ1n) is 13.1. The Morgan fingerprint density at radius 1 is 0.949 bits per heavy atom. The maximum absolute atomic E-state index is 6.19. The van der Waals surface area contributed by atoms with Gasteiger partial charge in [-0.2, -0.15) is 0 Å². The van der Waals surface area contributed by atoms with Gasteiger partial charge in [0.1, 0.15) is 0 Å². The van der Waals surface area contributed by atoms with Crippen LogP contribution in [0.2, 0.25) is 0 Å². The van der Waals surface area contributed by atoms with Crippen LogP contribution in [0.15, 0.2) is 167 Å². The number of nitrogens with zero attached hydrogens (tertiary/aromatic N) is 3. The van der Waals surface area contributed by atoms with E-state index < -0.39 is 0 Å². The monoisotopic (exact) mass is 515 g/mol. The molecule has 5 rings (SSSR count). The molecule has 1 fully saturated rings. The van der Waals surface area contributed by atoms with Crippen LogP contribution in [0.3, 0.4) is 0 Å². The molecule has 2 heterocycles. The van der Waals surface area contributed by atoms with Gasteiger partial charge in [0.15, 0.2) is 23.0 Å². The van der Waals surface area contributed by atoms with Crippen LogP contribution < -0.4 is 0 Å². The summed E-state index contributed by atoms with van der Waals surface area (Å²) in [5.74, 6) is 3.06. The molecule has 0 radical (unpaired) electrons. The smallest absolute Gasteiger partial charge is 0.169 e. The summed E-state index contributed by atoms with van der Waals surface area (Å²) in [6, 6.07) is 0. The van der Waals surface area contributed by atoms with Crippen LogP contribution >= 0.6 is 0 Å². The van der Waals surface area contributed by atoms with Crippen molar-refractivity contribution >= 4 is 12.4 Å². The second-order valence-electron chi connectivity index (χ2n) is 9.53. The SMILES string of the molecule is C=CC1=C(C=C)OC2=C/CN(C/N=C3/C=CC=C/C3=C\C=C\C=C/C=C\N=C)C34C[C@H]3C=CC=C4C/C=C\2O1. The molecule has 5 nitrogen and oxygen atoms in total. The van der Waals surface area contributed by atoms with E-state index in [1.807, 2.05) is 42.5 Å². The quantitative estimate of drug-likeness (QED) is 0.255. The lowest BCUT2D eigenvalue weighted by atomic mass is 9.93. The Bertz CT molecular complexity index is 1420. The third kappa shape index (κ3) is 5.54. The molecule has 0 aromatic carbocycles. The van der Waals surface area contributed by atoms with Crippen LogP contribution in [0.1, 0.15) is 12.8 Å². The molecule has 0 bridgehead atoms. The zero-order valence-corrected chi connectivity index (χ0v) is 22.1. The van der Waals surface area contributed by atoms with E-state index in [4.69, 9.17) is 14.5 Å². The molecule has 3 aliphatic carbocycles. The first kappa shape index (κ1) is 26.1. The van der Waals surface area contributed by atoms with E-state index in [0.29, 0.717) is 42.2 Å². The second kappa shape index (κ2) is 11.9. The first-order valence-corrected chi connectivity index (χ1v) is 13.1. The average Bonchev–Trinajstić information content (AvgIpc) is 3.71. The highest BCUT2D eigenvalue weighted by Gasteiger charge is 2.59. The van der Waals surface area contributed by atoms with Gasteiger partial charge in [0, 0.05) is 18.7 Å². The third-order valence-electron chi connectivity index (χ3n) is 7.31. The molecule has 5 aliphatic rings. The predicted octanol–water partition coefficient (Wildman–Crippen LogP) is 7.12. The van der Waals surface area contributed by atoms with Gasteiger partial charge in [0.2, 0.25) is 0 Å². The van der Waals surface area contributed by atoms with Crippen LogP contribution in [0.4, 0.5) is 0 Å². The first-order chi connectivity index (χ1) is 19.2. The molecule has 1 saturated carbocycles. The van der Waals surface area contributed by atoms with E-state index in [1.165, 1.54) is 5.57 Å². The van der Waals surface area contributed by atoms with Gasteiger partial charge in [-0.3, -0.25) is 14.9 Å². The lowest BCUT2D eigenvalue weighted by Gasteiger charge is -2.34. The van der Waals surface area contributed by atoms with Crippen molar-refractivity contribution in [1.29, 1.82) is 0 Å². The van der Waals surface area contributed by atoms with Gasteiger partial charge in [-0.15, -0.1) is 0 Å². The summed E-state index contributed by atoms with van der Waals surface area (Å²) < 4.78 is 12.3. The lowest BCUT2D eigenvalue weighted by Crippen LogP contribution is -2.41. The summed E-state index contributed by atoms with van der Waals surface area (Å²) in [6.45, 7) is 12.4. The molecule has 0 amide bonds. The van der Waals surface area contributed by atoms with Crippen LogP contribution in [0.5, 0.6) is 0 Å². The fourth-order valence-corrected chi connectivity index (χ4v) is 5.28. The number of aliphatic imine (C=N–C) groups is 2. The van der Waals surface area contributed by atoms with Gasteiger partial charge >= 0.3 is 0 Å². The summed E-state index contributed by atoms with van der Waals surface area (Å²) in [7, 11) is 0. The molecule has 39 heavy (non-hydrogen) atoms. The number of ether oxygens (including phenoxy) is 2. The number of allylic oxidation sites excluding steroid dienone is 16. The summed E-state index contributed by atoms with van der Waals surface area (Å²) in [4.78, 5) is 11.3. The van der Waals surface area contributed by atoms with Gasteiger partial charge in [0.25, 0.3) is 0 Å². The molecule has 2 atom stereocenters. The summed E-state index contributed by atoms with van der Waals surface area (Å²) >= 11 is 0. The topological polar surface area (TPSA) is 46.4 Å². The highest BCUT2D eigenvalue weighted by molar-refractivity contribution is 6.11. The van der Waals surface area contributed by atoms with Crippen molar-refractivity contribution in [2.45, 2.75) is 18.4 Å². The molecule has 2 aliphatic heterocycles. The van der Waals surface area contributed by atoms with Crippen molar-refractivity contribution in [2.75, 3.05) is 13.2 Å². The van der Waals surface area contributed by atoms with Crippen LogP contribution in [0.25, 0.3) is 0 Å². The molecule has 0 aromatic heterocycles. The van der Waals surface area contributed by atoms with E-state index in [9.17, 15) is 0 Å². The molecule has 1 unspecified atom stereocenters. The average molecular weight is 516 g/mol. The van der Waals surface area contributed by atoms with Gasteiger partial charge < -0.3 is 9.47 Å². The van der Waals surface area contributed by atoms with E-state index in [0.717, 1.165) is 24.1 Å². The van der Waals surface area contributed by atoms with E-state index >= 15 is 0 Å². The Morgan fingerprint density at radius 2 is 1.69 bits per heavy atom. The van der Waals surface area contributed by atoms with E-state index in [1.54, 1.807) is 18.4 Å². The Morgan fingerprint density at radius 3 is 2.49 bits per heavy atom. The maximum atomic E-state index is 6.19. The van der Waals surface area contributed by atoms with E-state index in [2.05, 4.69) is 78.4 Å². The zero-order valence-electron chi connectivity index (χ0n) is 22.1. The number of rotatable bonds is 8. The van der Waals surface area contributed by atoms with E-state index in [-0.39, 0.29) is 5.54 Å². The summed E-state index contributed by atoms with van der Waals surface area (Å²) in [5, 5.41) is 0. The van der Waals surface area contributed by atoms with Gasteiger partial charge in [0.05, 0.1) is 17.9 Å². The molecule has 5 heteroatoms. The Balaban J connectivity index is 1.40. The van der Waals surface area contributed by atoms with Gasteiger partial charge in [-0.25, -0.2) is 0 Å². The number of fused-ring (bicyclic) bond motifs is 1. The standard InChI is InChI=1S/C34H33N3O2/c1-4-30-31(5-2)39-33-21-23-37(34-24-28(34)17-13-16-27(34)19-20-32(33)38-30)25-36-29-18-11-10-15-26(29)14-9-7-6-8-12-22-35-3/h4-18,20-22,28H,1-3,19,23-25H2/b8-6-,9-7+,22-12-,26-14+,32-20+,33-21+,36-29-/t28-,34?/m1/s1. The highest BCUT2D eigenvalue weighted by Crippen LogP contribution is 2.57. The van der Waals surface area contributed by atoms with Crippen molar-refractivity contribution in [3.63, 3.8) is 0 Å². The maximum Gasteiger partial charge on any atom is 0.169 e. The van der Waals surface area contributed by atoms with Crippen molar-refractivity contribution in [3.8, 4) is 0 Å². The van der Waals surface area contributed by atoms with Gasteiger partial charge in [-0.05, 0) is 67.2 Å². The zero-order chi connectivity index (χ0) is 27.1. The van der Waals surface area contributed by atoms with Crippen LogP contribution in [0, 0.1) is 5.92 Å². The normalized spacial score (nSPS) is 30.8. The minimum Gasteiger partial charge on any atom is -0.450 e. The predicted molar refractivity (Wildman–Crippen MR) is 161 cm³/mol. The van der Waals surface area contributed by atoms with Crippen molar-refractivity contribution < 1.29 is 9.47 Å². The molecular weight excluding hydrogens is 482 g/mol. The number of hydrogen-bond donors (Lipinski definition) is 0. The Hall–Kier alpha value is -4.48. The molecule has 1 spiro atoms. The van der Waals surface area contributed by atoms with Gasteiger partial charge in [-0.1, -0.05) is 80.0 Å². The summed E-state index contributed by atoms with van der Waals surface area (Å²) in [6.07, 6.45) is 37.8. The summed E-state index contributed by atoms with van der Waals surface area (Å²) in [5.41, 5.74) is 3.38. The Kier molecular flexibility index (Phi) is 7.99. The Labute approximate surface area is 231 Å². The second-order valence-corrected chi connectivity index (χ2v) is 9.53. The minimum atomic E-state index is -0.0347. The van der Waals surface area contributed by atoms with Crippen molar-refractivity contribution in [3.05, 3.63) is 157 Å². The fraction of sp³-hybridized carbons (Fsp3) is 0.176. The van der Waals surface area contributed by atoms with Crippen molar-refractivity contribution in [1.82, 2.24) is 4.90 Å². The highest BCUT2D eigenvalue weighted by atomic mass is 16.6. The van der Waals surface area contributed by atoms with Crippen LogP contribution in [-0.4, -0.2) is 36.1 Å². The molecular formula is C34H33N3O2.